The zero-order chi connectivity index (χ0) is 13.9. The van der Waals surface area contributed by atoms with Crippen LogP contribution in [-0.2, 0) is 9.05 Å². The molecule has 6 heteroatoms. The summed E-state index contributed by atoms with van der Waals surface area (Å²) in [4.78, 5) is 0.110. The largest absolute Gasteiger partial charge is 0.489 e. The number of halogens is 2. The van der Waals surface area contributed by atoms with Gasteiger partial charge in [0.05, 0.1) is 4.90 Å². The lowest BCUT2D eigenvalue weighted by molar-refractivity contribution is 0.349. The first-order valence-electron chi connectivity index (χ1n) is 5.21. The Morgan fingerprint density at radius 1 is 1.33 bits per heavy atom. The van der Waals surface area contributed by atoms with Crippen LogP contribution in [0.3, 0.4) is 0 Å². The monoisotopic (exact) mass is 308 g/mol. The van der Waals surface area contributed by atoms with Gasteiger partial charge in [-0.05, 0) is 49.6 Å². The van der Waals surface area contributed by atoms with Crippen LogP contribution in [0.15, 0.2) is 28.1 Å². The van der Waals surface area contributed by atoms with E-state index < -0.39 is 9.05 Å². The minimum absolute atomic E-state index is 0.110. The Bertz CT molecular complexity index is 577. The molecule has 0 saturated carbocycles. The molecule has 0 radical (unpaired) electrons. The Morgan fingerprint density at radius 3 is 2.44 bits per heavy atom. The van der Waals surface area contributed by atoms with Crippen LogP contribution >= 0.6 is 22.3 Å². The summed E-state index contributed by atoms with van der Waals surface area (Å²) in [7, 11) is 1.62. The van der Waals surface area contributed by atoms with E-state index in [4.69, 9.17) is 27.0 Å². The topological polar surface area (TPSA) is 43.4 Å². The number of hydrogen-bond acceptors (Lipinski definition) is 3. The Morgan fingerprint density at radius 2 is 1.94 bits per heavy atom. The second kappa shape index (κ2) is 5.95. The predicted molar refractivity (Wildman–Crippen MR) is 74.1 cm³/mol. The van der Waals surface area contributed by atoms with Gasteiger partial charge in [-0.25, -0.2) is 8.42 Å². The number of hydrogen-bond donors (Lipinski definition) is 0. The molecule has 3 nitrogen and oxygen atoms in total. The molecule has 0 aliphatic carbocycles. The minimum Gasteiger partial charge on any atom is -0.489 e. The fraction of sp³-hybridized carbons (Fsp3) is 0.333. The summed E-state index contributed by atoms with van der Waals surface area (Å²) in [6.07, 6.45) is 0. The maximum Gasteiger partial charge on any atom is 0.261 e. The molecule has 0 fully saturated rings. The lowest BCUT2D eigenvalue weighted by Gasteiger charge is -2.13. The predicted octanol–water partition coefficient (Wildman–Crippen LogP) is 3.75. The molecule has 0 atom stereocenters. The molecule has 100 valence electrons. The molecule has 0 N–H and O–H groups in total. The molecule has 0 aliphatic heterocycles. The number of ether oxygens (including phenoxy) is 1. The van der Waals surface area contributed by atoms with Crippen molar-refractivity contribution in [2.24, 2.45) is 0 Å². The zero-order valence-electron chi connectivity index (χ0n) is 10.3. The van der Waals surface area contributed by atoms with Gasteiger partial charge in [0.1, 0.15) is 12.4 Å². The summed E-state index contributed by atoms with van der Waals surface area (Å²) in [6.45, 7) is 5.68. The Balaban J connectivity index is 3.09. The van der Waals surface area contributed by atoms with E-state index in [1.165, 1.54) is 11.6 Å². The van der Waals surface area contributed by atoms with Crippen molar-refractivity contribution in [3.63, 3.8) is 0 Å². The summed E-state index contributed by atoms with van der Waals surface area (Å²) in [5.74, 6) is 0.620. The van der Waals surface area contributed by atoms with Gasteiger partial charge in [-0.15, -0.1) is 0 Å². The normalized spacial score (nSPS) is 12.6. The van der Waals surface area contributed by atoms with E-state index in [2.05, 4.69) is 0 Å². The molecule has 1 rings (SSSR count). The van der Waals surface area contributed by atoms with Gasteiger partial charge in [0, 0.05) is 16.2 Å². The van der Waals surface area contributed by atoms with Gasteiger partial charge in [0.15, 0.2) is 0 Å². The fourth-order valence-electron chi connectivity index (χ4n) is 1.41. The van der Waals surface area contributed by atoms with Crippen molar-refractivity contribution >= 4 is 31.3 Å². The summed E-state index contributed by atoms with van der Waals surface area (Å²) in [5.41, 5.74) is 3.66. The van der Waals surface area contributed by atoms with E-state index in [1.54, 1.807) is 19.9 Å². The van der Waals surface area contributed by atoms with Crippen molar-refractivity contribution in [3.8, 4) is 5.75 Å². The van der Waals surface area contributed by atoms with Gasteiger partial charge in [-0.3, -0.25) is 0 Å². The van der Waals surface area contributed by atoms with Crippen molar-refractivity contribution < 1.29 is 13.2 Å². The van der Waals surface area contributed by atoms with E-state index in [0.29, 0.717) is 17.9 Å². The molecular weight excluding hydrogens is 295 g/mol. The van der Waals surface area contributed by atoms with Crippen LogP contribution in [0.1, 0.15) is 18.1 Å². The van der Waals surface area contributed by atoms with Gasteiger partial charge >= 0.3 is 0 Å². The summed E-state index contributed by atoms with van der Waals surface area (Å²) in [6, 6.07) is 3.04. The highest BCUT2D eigenvalue weighted by Crippen LogP contribution is 2.29. The van der Waals surface area contributed by atoms with Crippen LogP contribution in [0.5, 0.6) is 5.75 Å². The van der Waals surface area contributed by atoms with Gasteiger partial charge in [-0.2, -0.15) is 0 Å². The number of rotatable bonds is 4. The third-order valence-electron chi connectivity index (χ3n) is 2.59. The van der Waals surface area contributed by atoms with E-state index in [9.17, 15) is 8.42 Å². The third kappa shape index (κ3) is 3.64. The first-order chi connectivity index (χ1) is 8.27. The maximum atomic E-state index is 11.3. The molecule has 0 bridgehead atoms. The first-order valence-corrected chi connectivity index (χ1v) is 7.95. The van der Waals surface area contributed by atoms with E-state index in [-0.39, 0.29) is 4.90 Å². The van der Waals surface area contributed by atoms with Crippen molar-refractivity contribution in [2.75, 3.05) is 6.61 Å². The molecule has 0 aliphatic rings. The van der Waals surface area contributed by atoms with E-state index >= 15 is 0 Å². The van der Waals surface area contributed by atoms with E-state index in [0.717, 1.165) is 11.1 Å². The molecular formula is C12H14Cl2O3S. The van der Waals surface area contributed by atoms with Crippen LogP contribution < -0.4 is 4.74 Å². The summed E-state index contributed by atoms with van der Waals surface area (Å²) in [5, 5.41) is 0. The molecule has 0 spiro atoms. The highest BCUT2D eigenvalue weighted by molar-refractivity contribution is 8.13. The molecule has 1 aromatic carbocycles. The average Bonchev–Trinajstić information content (AvgIpc) is 2.28. The van der Waals surface area contributed by atoms with Crippen LogP contribution in [0, 0.1) is 13.8 Å². The Hall–Kier alpha value is -0.710. The third-order valence-corrected chi connectivity index (χ3v) is 4.43. The molecule has 0 heterocycles. The molecule has 18 heavy (non-hydrogen) atoms. The molecule has 1 aromatic rings. The fourth-order valence-corrected chi connectivity index (χ4v) is 2.73. The Labute approximate surface area is 117 Å². The van der Waals surface area contributed by atoms with Gasteiger partial charge < -0.3 is 4.74 Å². The lowest BCUT2D eigenvalue weighted by Crippen LogP contribution is -2.03. The minimum atomic E-state index is -3.72. The van der Waals surface area contributed by atoms with Crippen molar-refractivity contribution in [1.82, 2.24) is 0 Å². The average molecular weight is 309 g/mol. The molecule has 0 aromatic heterocycles. The summed E-state index contributed by atoms with van der Waals surface area (Å²) >= 11 is 5.54. The standard InChI is InChI=1S/C12H14Cl2O3S/c1-8(6-13)7-17-11-4-5-12(18(14,15)16)10(3)9(11)2/h4-6H,7H2,1-3H3/b8-6-. The molecule has 0 amide bonds. The maximum absolute atomic E-state index is 11.3. The van der Waals surface area contributed by atoms with E-state index in [1.807, 2.05) is 6.92 Å². The van der Waals surface area contributed by atoms with Crippen molar-refractivity contribution in [3.05, 3.63) is 34.4 Å². The lowest BCUT2D eigenvalue weighted by atomic mass is 10.1. The Kier molecular flexibility index (Phi) is 5.08. The van der Waals surface area contributed by atoms with Gasteiger partial charge in [0.25, 0.3) is 9.05 Å². The number of benzene rings is 1. The van der Waals surface area contributed by atoms with Gasteiger partial charge in [-0.1, -0.05) is 11.6 Å². The highest BCUT2D eigenvalue weighted by atomic mass is 35.7. The van der Waals surface area contributed by atoms with Crippen molar-refractivity contribution in [1.29, 1.82) is 0 Å². The van der Waals surface area contributed by atoms with Crippen LogP contribution in [0.2, 0.25) is 0 Å². The quantitative estimate of drug-likeness (QED) is 0.796. The highest BCUT2D eigenvalue weighted by Gasteiger charge is 2.16. The second-order valence-electron chi connectivity index (χ2n) is 3.99. The van der Waals surface area contributed by atoms with Gasteiger partial charge in [0.2, 0.25) is 0 Å². The van der Waals surface area contributed by atoms with Crippen molar-refractivity contribution in [2.45, 2.75) is 25.7 Å². The zero-order valence-corrected chi connectivity index (χ0v) is 12.7. The molecule has 0 saturated heterocycles. The van der Waals surface area contributed by atoms with Crippen LogP contribution in [0.4, 0.5) is 0 Å². The smallest absolute Gasteiger partial charge is 0.261 e. The first kappa shape index (κ1) is 15.3. The molecule has 0 unspecified atom stereocenters. The SMILES string of the molecule is C/C(=C/Cl)COc1ccc(S(=O)(=O)Cl)c(C)c1C. The van der Waals surface area contributed by atoms with Crippen LogP contribution in [-0.4, -0.2) is 15.0 Å². The second-order valence-corrected chi connectivity index (χ2v) is 6.75. The van der Waals surface area contributed by atoms with Crippen LogP contribution in [0.25, 0.3) is 0 Å². The summed E-state index contributed by atoms with van der Waals surface area (Å²) < 4.78 is 28.2.